The van der Waals surface area contributed by atoms with Crippen LogP contribution >= 0.6 is 0 Å². The van der Waals surface area contributed by atoms with Gasteiger partial charge in [0.25, 0.3) is 5.91 Å². The fourth-order valence-electron chi connectivity index (χ4n) is 4.35. The van der Waals surface area contributed by atoms with Gasteiger partial charge in [0.2, 0.25) is 0 Å². The van der Waals surface area contributed by atoms with Crippen LogP contribution in [0.3, 0.4) is 0 Å². The molecule has 1 unspecified atom stereocenters. The predicted octanol–water partition coefficient (Wildman–Crippen LogP) is 4.35. The van der Waals surface area contributed by atoms with Crippen LogP contribution in [-0.2, 0) is 10.9 Å². The van der Waals surface area contributed by atoms with Crippen LogP contribution in [0.5, 0.6) is 0 Å². The Morgan fingerprint density at radius 1 is 1.12 bits per heavy atom. The van der Waals surface area contributed by atoms with Gasteiger partial charge in [0.15, 0.2) is 0 Å². The molecule has 2 aliphatic rings. The number of aromatic nitrogens is 1. The monoisotopic (exact) mass is 476 g/mol. The van der Waals surface area contributed by atoms with Crippen molar-refractivity contribution in [2.45, 2.75) is 33.0 Å². The molecule has 2 amide bonds. The highest BCUT2D eigenvalue weighted by atomic mass is 19.4. The number of halogens is 3. The molecule has 1 atom stereocenters. The Balaban J connectivity index is 1.40. The average molecular weight is 476 g/mol. The first kappa shape index (κ1) is 23.8. The van der Waals surface area contributed by atoms with Gasteiger partial charge < -0.3 is 14.5 Å². The lowest BCUT2D eigenvalue weighted by atomic mass is 10.0. The van der Waals surface area contributed by atoms with Gasteiger partial charge in [-0.25, -0.2) is 9.78 Å². The van der Waals surface area contributed by atoms with E-state index in [1.54, 1.807) is 41.0 Å². The summed E-state index contributed by atoms with van der Waals surface area (Å²) < 4.78 is 43.9. The van der Waals surface area contributed by atoms with Crippen LogP contribution < -0.4 is 9.80 Å². The van der Waals surface area contributed by atoms with Crippen LogP contribution in [0.15, 0.2) is 36.5 Å². The molecule has 182 valence electrons. The highest BCUT2D eigenvalue weighted by Crippen LogP contribution is 2.32. The van der Waals surface area contributed by atoms with E-state index in [1.807, 2.05) is 18.7 Å². The van der Waals surface area contributed by atoms with E-state index in [0.717, 1.165) is 12.3 Å². The highest BCUT2D eigenvalue weighted by Gasteiger charge is 2.36. The van der Waals surface area contributed by atoms with Gasteiger partial charge in [-0.1, -0.05) is 13.8 Å². The number of piperazine rings is 1. The molecule has 1 aromatic heterocycles. The SMILES string of the molecule is Cc1cc(C(F)(F)F)cnc1N1CCN(C(=O)c2ccc(N3C(=O)OCC3C(C)C)cc2)CC1. The molecule has 2 aromatic rings. The van der Waals surface area contributed by atoms with Gasteiger partial charge in [-0.3, -0.25) is 9.69 Å². The van der Waals surface area contributed by atoms with E-state index >= 15 is 0 Å². The maximum absolute atomic E-state index is 13.0. The zero-order valence-corrected chi connectivity index (χ0v) is 19.3. The minimum atomic E-state index is -4.43. The first-order chi connectivity index (χ1) is 16.1. The van der Waals surface area contributed by atoms with Gasteiger partial charge in [-0.15, -0.1) is 0 Å². The molecule has 2 saturated heterocycles. The minimum Gasteiger partial charge on any atom is -0.447 e. The Bertz CT molecular complexity index is 1060. The number of pyridine rings is 1. The number of ether oxygens (including phenoxy) is 1. The number of amides is 2. The number of anilines is 2. The highest BCUT2D eigenvalue weighted by molar-refractivity contribution is 5.96. The molecule has 0 N–H and O–H groups in total. The number of aryl methyl sites for hydroxylation is 1. The van der Waals surface area contributed by atoms with E-state index in [4.69, 9.17) is 4.74 Å². The first-order valence-electron chi connectivity index (χ1n) is 11.2. The maximum Gasteiger partial charge on any atom is 0.417 e. The largest absolute Gasteiger partial charge is 0.447 e. The first-order valence-corrected chi connectivity index (χ1v) is 11.2. The topological polar surface area (TPSA) is 66.0 Å². The summed E-state index contributed by atoms with van der Waals surface area (Å²) in [6.07, 6.45) is -3.97. The second-order valence-electron chi connectivity index (χ2n) is 8.95. The van der Waals surface area contributed by atoms with Gasteiger partial charge in [0, 0.05) is 43.6 Å². The molecule has 4 rings (SSSR count). The van der Waals surface area contributed by atoms with E-state index in [9.17, 15) is 22.8 Å². The van der Waals surface area contributed by atoms with Gasteiger partial charge in [0.1, 0.15) is 12.4 Å². The summed E-state index contributed by atoms with van der Waals surface area (Å²) in [5.41, 5.74) is 0.874. The Hall–Kier alpha value is -3.30. The molecule has 2 fully saturated rings. The zero-order valence-electron chi connectivity index (χ0n) is 19.3. The lowest BCUT2D eigenvalue weighted by molar-refractivity contribution is -0.137. The average Bonchev–Trinajstić information content (AvgIpc) is 3.20. The van der Waals surface area contributed by atoms with Crippen molar-refractivity contribution < 1.29 is 27.5 Å². The second kappa shape index (κ2) is 9.15. The van der Waals surface area contributed by atoms with Crippen molar-refractivity contribution in [3.8, 4) is 0 Å². The van der Waals surface area contributed by atoms with Crippen molar-refractivity contribution in [1.29, 1.82) is 0 Å². The van der Waals surface area contributed by atoms with Crippen molar-refractivity contribution in [1.82, 2.24) is 9.88 Å². The fraction of sp³-hybridized carbons (Fsp3) is 0.458. The zero-order chi connectivity index (χ0) is 24.6. The number of rotatable bonds is 4. The molecular formula is C24H27F3N4O3. The van der Waals surface area contributed by atoms with Crippen molar-refractivity contribution >= 4 is 23.5 Å². The van der Waals surface area contributed by atoms with Crippen molar-refractivity contribution in [3.05, 3.63) is 53.2 Å². The summed E-state index contributed by atoms with van der Waals surface area (Å²) >= 11 is 0. The summed E-state index contributed by atoms with van der Waals surface area (Å²) in [7, 11) is 0. The van der Waals surface area contributed by atoms with E-state index < -0.39 is 11.7 Å². The standard InChI is InChI=1S/C24H27F3N4O3/c1-15(2)20-14-34-23(33)31(20)19-6-4-17(5-7-19)22(32)30-10-8-29(9-11-30)21-16(3)12-18(13-28-21)24(25,26)27/h4-7,12-13,15,20H,8-11,14H2,1-3H3. The van der Waals surface area contributed by atoms with Crippen LogP contribution in [0.2, 0.25) is 0 Å². The van der Waals surface area contributed by atoms with Gasteiger partial charge in [-0.2, -0.15) is 13.2 Å². The summed E-state index contributed by atoms with van der Waals surface area (Å²) in [5, 5.41) is 0. The van der Waals surface area contributed by atoms with Gasteiger partial charge in [0.05, 0.1) is 11.6 Å². The summed E-state index contributed by atoms with van der Waals surface area (Å²) in [6, 6.07) is 7.95. The van der Waals surface area contributed by atoms with E-state index in [0.29, 0.717) is 55.4 Å². The van der Waals surface area contributed by atoms with Crippen LogP contribution in [0.25, 0.3) is 0 Å². The molecular weight excluding hydrogens is 449 g/mol. The number of hydrogen-bond donors (Lipinski definition) is 0. The predicted molar refractivity (Wildman–Crippen MR) is 121 cm³/mol. The van der Waals surface area contributed by atoms with Crippen LogP contribution in [0, 0.1) is 12.8 Å². The molecule has 0 saturated carbocycles. The molecule has 1 aromatic carbocycles. The molecule has 34 heavy (non-hydrogen) atoms. The lowest BCUT2D eigenvalue weighted by Gasteiger charge is -2.36. The molecule has 3 heterocycles. The molecule has 10 heteroatoms. The van der Waals surface area contributed by atoms with Crippen molar-refractivity contribution in [2.75, 3.05) is 42.6 Å². The minimum absolute atomic E-state index is 0.0515. The second-order valence-corrected chi connectivity index (χ2v) is 8.95. The Morgan fingerprint density at radius 2 is 1.76 bits per heavy atom. The van der Waals surface area contributed by atoms with Crippen molar-refractivity contribution in [3.63, 3.8) is 0 Å². The number of alkyl halides is 3. The normalized spacial score (nSPS) is 19.1. The maximum atomic E-state index is 13.0. The third-order valence-electron chi connectivity index (χ3n) is 6.31. The van der Waals surface area contributed by atoms with Gasteiger partial charge >= 0.3 is 12.3 Å². The van der Waals surface area contributed by atoms with E-state index in [1.165, 1.54) is 0 Å². The summed E-state index contributed by atoms with van der Waals surface area (Å²) in [6.45, 7) is 7.80. The Labute approximate surface area is 196 Å². The van der Waals surface area contributed by atoms with Crippen molar-refractivity contribution in [2.24, 2.45) is 5.92 Å². The fourth-order valence-corrected chi connectivity index (χ4v) is 4.35. The molecule has 0 spiro atoms. The van der Waals surface area contributed by atoms with Crippen LogP contribution in [0.4, 0.5) is 29.5 Å². The smallest absolute Gasteiger partial charge is 0.417 e. The van der Waals surface area contributed by atoms with Crippen LogP contribution in [-0.4, -0.2) is 60.7 Å². The van der Waals surface area contributed by atoms with E-state index in [-0.39, 0.29) is 24.0 Å². The quantitative estimate of drug-likeness (QED) is 0.657. The Morgan fingerprint density at radius 3 is 2.32 bits per heavy atom. The molecule has 2 aliphatic heterocycles. The Kier molecular flexibility index (Phi) is 6.42. The lowest BCUT2D eigenvalue weighted by Crippen LogP contribution is -2.49. The molecule has 0 bridgehead atoms. The molecule has 0 aliphatic carbocycles. The number of carbonyl (C=O) groups excluding carboxylic acids is 2. The number of hydrogen-bond acceptors (Lipinski definition) is 5. The van der Waals surface area contributed by atoms with E-state index in [2.05, 4.69) is 4.98 Å². The molecule has 7 nitrogen and oxygen atoms in total. The number of cyclic esters (lactones) is 1. The number of benzene rings is 1. The third kappa shape index (κ3) is 4.67. The number of nitrogens with zero attached hydrogens (tertiary/aromatic N) is 4. The number of carbonyl (C=O) groups is 2. The summed E-state index contributed by atoms with van der Waals surface area (Å²) in [5.74, 6) is 0.598. The van der Waals surface area contributed by atoms with Gasteiger partial charge in [-0.05, 0) is 48.7 Å². The summed E-state index contributed by atoms with van der Waals surface area (Å²) in [4.78, 5) is 34.4. The third-order valence-corrected chi connectivity index (χ3v) is 6.31. The van der Waals surface area contributed by atoms with Crippen LogP contribution in [0.1, 0.15) is 35.3 Å². The molecule has 0 radical (unpaired) electrons.